The molecular weight excluding hydrogens is 200 g/mol. The van der Waals surface area contributed by atoms with Crippen LogP contribution < -0.4 is 10.6 Å². The van der Waals surface area contributed by atoms with Crippen LogP contribution in [0.5, 0.6) is 0 Å². The van der Waals surface area contributed by atoms with Crippen LogP contribution in [0.4, 0.5) is 5.69 Å². The summed E-state index contributed by atoms with van der Waals surface area (Å²) >= 11 is 0. The van der Waals surface area contributed by atoms with Gasteiger partial charge in [-0.2, -0.15) is 0 Å². The lowest BCUT2D eigenvalue weighted by Crippen LogP contribution is -2.21. The molecule has 16 heavy (non-hydrogen) atoms. The van der Waals surface area contributed by atoms with E-state index >= 15 is 0 Å². The summed E-state index contributed by atoms with van der Waals surface area (Å²) in [6.07, 6.45) is 0.846. The normalized spacial score (nSPS) is 10.3. The average Bonchev–Trinajstić information content (AvgIpc) is 2.27. The zero-order chi connectivity index (χ0) is 12.1. The van der Waals surface area contributed by atoms with E-state index in [9.17, 15) is 4.79 Å². The van der Waals surface area contributed by atoms with Gasteiger partial charge in [-0.15, -0.1) is 0 Å². The maximum Gasteiger partial charge on any atom is 0.251 e. The molecule has 0 aliphatic carbocycles. The first-order valence-corrected chi connectivity index (χ1v) is 5.70. The second-order valence-corrected chi connectivity index (χ2v) is 4.06. The zero-order valence-corrected chi connectivity index (χ0v) is 10.4. The van der Waals surface area contributed by atoms with Crippen LogP contribution in [0.2, 0.25) is 0 Å². The lowest BCUT2D eigenvalue weighted by Gasteiger charge is -2.16. The second kappa shape index (κ2) is 5.54. The van der Waals surface area contributed by atoms with Gasteiger partial charge in [0.25, 0.3) is 5.91 Å². The second-order valence-electron chi connectivity index (χ2n) is 4.06. The van der Waals surface area contributed by atoms with E-state index in [4.69, 9.17) is 0 Å². The molecular formula is C13H20N2O. The highest BCUT2D eigenvalue weighted by atomic mass is 16.1. The highest BCUT2D eigenvalue weighted by Crippen LogP contribution is 2.21. The van der Waals surface area contributed by atoms with E-state index in [-0.39, 0.29) is 5.91 Å². The molecule has 0 aliphatic heterocycles. The van der Waals surface area contributed by atoms with Gasteiger partial charge in [-0.1, -0.05) is 13.0 Å². The van der Waals surface area contributed by atoms with E-state index in [2.05, 4.69) is 31.4 Å². The van der Waals surface area contributed by atoms with Gasteiger partial charge >= 0.3 is 0 Å². The molecule has 0 unspecified atom stereocenters. The van der Waals surface area contributed by atoms with Crippen molar-refractivity contribution in [2.75, 3.05) is 12.4 Å². The maximum atomic E-state index is 11.7. The Labute approximate surface area is 97.2 Å². The fraction of sp³-hybridized carbons (Fsp3) is 0.462. The number of amides is 1. The minimum Gasteiger partial charge on any atom is -0.383 e. The predicted octanol–water partition coefficient (Wildman–Crippen LogP) is 2.43. The van der Waals surface area contributed by atoms with Crippen molar-refractivity contribution in [2.45, 2.75) is 33.2 Å². The van der Waals surface area contributed by atoms with Crippen LogP contribution in [0.1, 0.15) is 36.7 Å². The molecule has 0 bridgehead atoms. The summed E-state index contributed by atoms with van der Waals surface area (Å²) < 4.78 is 0. The summed E-state index contributed by atoms with van der Waals surface area (Å²) in [5.41, 5.74) is 2.89. The fourth-order valence-corrected chi connectivity index (χ4v) is 1.76. The van der Waals surface area contributed by atoms with Gasteiger partial charge in [-0.25, -0.2) is 0 Å². The number of hydrogen-bond donors (Lipinski definition) is 2. The van der Waals surface area contributed by atoms with Gasteiger partial charge in [0, 0.05) is 24.3 Å². The number of rotatable bonds is 4. The van der Waals surface area contributed by atoms with Crippen molar-refractivity contribution in [3.63, 3.8) is 0 Å². The lowest BCUT2D eigenvalue weighted by molar-refractivity contribution is 0.0962. The molecule has 2 N–H and O–H groups in total. The number of hydrogen-bond acceptors (Lipinski definition) is 2. The monoisotopic (exact) mass is 220 g/mol. The minimum absolute atomic E-state index is 0.0238. The molecule has 0 aliphatic rings. The van der Waals surface area contributed by atoms with Gasteiger partial charge in [-0.05, 0) is 38.0 Å². The smallest absolute Gasteiger partial charge is 0.251 e. The third kappa shape index (κ3) is 2.75. The van der Waals surface area contributed by atoms with Crippen LogP contribution in [-0.2, 0) is 6.42 Å². The lowest BCUT2D eigenvalue weighted by atomic mass is 10.0. The molecule has 0 atom stereocenters. The number of carbonyl (C=O) groups excluding carboxylic acids is 1. The van der Waals surface area contributed by atoms with Gasteiger partial charge in [0.1, 0.15) is 0 Å². The Balaban J connectivity index is 3.15. The molecule has 0 fully saturated rings. The predicted molar refractivity (Wildman–Crippen MR) is 68.0 cm³/mol. The third-order valence-corrected chi connectivity index (χ3v) is 2.45. The van der Waals surface area contributed by atoms with Gasteiger partial charge < -0.3 is 10.6 Å². The van der Waals surface area contributed by atoms with Crippen LogP contribution >= 0.6 is 0 Å². The number of carbonyl (C=O) groups is 1. The molecule has 1 amide bonds. The van der Waals surface area contributed by atoms with Gasteiger partial charge in [-0.3, -0.25) is 4.79 Å². The van der Waals surface area contributed by atoms with Crippen molar-refractivity contribution in [1.82, 2.24) is 5.32 Å². The van der Waals surface area contributed by atoms with Crippen molar-refractivity contribution in [3.8, 4) is 0 Å². The molecule has 0 saturated carbocycles. The topological polar surface area (TPSA) is 41.1 Å². The van der Waals surface area contributed by atoms with Crippen molar-refractivity contribution < 1.29 is 4.79 Å². The fourth-order valence-electron chi connectivity index (χ4n) is 1.76. The molecule has 1 aromatic carbocycles. The first-order valence-electron chi connectivity index (χ1n) is 5.70. The highest BCUT2D eigenvalue weighted by Gasteiger charge is 2.12. The number of anilines is 1. The van der Waals surface area contributed by atoms with Crippen LogP contribution in [0, 0.1) is 0 Å². The molecule has 1 aromatic rings. The van der Waals surface area contributed by atoms with Crippen molar-refractivity contribution in [3.05, 3.63) is 29.3 Å². The molecule has 0 heterocycles. The first kappa shape index (κ1) is 12.6. The molecule has 1 rings (SSSR count). The van der Waals surface area contributed by atoms with Gasteiger partial charge in [0.2, 0.25) is 0 Å². The van der Waals surface area contributed by atoms with Crippen LogP contribution in [0.3, 0.4) is 0 Å². The minimum atomic E-state index is -0.0238. The Morgan fingerprint density at radius 3 is 2.56 bits per heavy atom. The summed E-state index contributed by atoms with van der Waals surface area (Å²) in [5.74, 6) is -0.0238. The van der Waals surface area contributed by atoms with Crippen molar-refractivity contribution in [2.24, 2.45) is 0 Å². The highest BCUT2D eigenvalue weighted by molar-refractivity contribution is 5.97. The summed E-state index contributed by atoms with van der Waals surface area (Å²) in [6.45, 7) is 6.24. The Bertz CT molecular complexity index is 372. The van der Waals surface area contributed by atoms with Crippen LogP contribution in [0.15, 0.2) is 18.2 Å². The van der Waals surface area contributed by atoms with Crippen LogP contribution in [0.25, 0.3) is 0 Å². The van der Waals surface area contributed by atoms with E-state index in [1.54, 1.807) is 7.05 Å². The third-order valence-electron chi connectivity index (χ3n) is 2.45. The van der Waals surface area contributed by atoms with Crippen molar-refractivity contribution >= 4 is 11.6 Å². The maximum absolute atomic E-state index is 11.7. The van der Waals surface area contributed by atoms with E-state index in [0.717, 1.165) is 23.2 Å². The molecule has 0 spiro atoms. The summed E-state index contributed by atoms with van der Waals surface area (Å²) in [4.78, 5) is 11.7. The SMILES string of the molecule is CCc1c(NC(C)C)cccc1C(=O)NC. The Kier molecular flexibility index (Phi) is 4.35. The van der Waals surface area contributed by atoms with E-state index < -0.39 is 0 Å². The first-order chi connectivity index (χ1) is 7.60. The summed E-state index contributed by atoms with van der Waals surface area (Å²) in [6, 6.07) is 6.16. The number of nitrogens with one attached hydrogen (secondary N) is 2. The van der Waals surface area contributed by atoms with Crippen LogP contribution in [-0.4, -0.2) is 19.0 Å². The molecule has 3 heteroatoms. The van der Waals surface area contributed by atoms with E-state index in [0.29, 0.717) is 6.04 Å². The van der Waals surface area contributed by atoms with Crippen molar-refractivity contribution in [1.29, 1.82) is 0 Å². The summed E-state index contributed by atoms with van der Waals surface area (Å²) in [5, 5.41) is 6.03. The summed E-state index contributed by atoms with van der Waals surface area (Å²) in [7, 11) is 1.66. The molecule has 0 saturated heterocycles. The van der Waals surface area contributed by atoms with E-state index in [1.807, 2.05) is 18.2 Å². The molecule has 0 radical (unpaired) electrons. The Morgan fingerprint density at radius 2 is 2.06 bits per heavy atom. The molecule has 88 valence electrons. The Hall–Kier alpha value is -1.51. The van der Waals surface area contributed by atoms with E-state index in [1.165, 1.54) is 0 Å². The number of benzene rings is 1. The standard InChI is InChI=1S/C13H20N2O/c1-5-10-11(13(16)14-4)7-6-8-12(10)15-9(2)3/h6-9,15H,5H2,1-4H3,(H,14,16). The van der Waals surface area contributed by atoms with Gasteiger partial charge in [0.15, 0.2) is 0 Å². The zero-order valence-electron chi connectivity index (χ0n) is 10.4. The largest absolute Gasteiger partial charge is 0.383 e. The van der Waals surface area contributed by atoms with Gasteiger partial charge in [0.05, 0.1) is 0 Å². The molecule has 0 aromatic heterocycles. The molecule has 3 nitrogen and oxygen atoms in total. The average molecular weight is 220 g/mol. The quantitative estimate of drug-likeness (QED) is 0.818. The Morgan fingerprint density at radius 1 is 1.38 bits per heavy atom.